The summed E-state index contributed by atoms with van der Waals surface area (Å²) in [4.78, 5) is 0. The monoisotopic (exact) mass is 364 g/mol. The van der Waals surface area contributed by atoms with Crippen molar-refractivity contribution in [3.63, 3.8) is 0 Å². The summed E-state index contributed by atoms with van der Waals surface area (Å²) in [6.07, 6.45) is 5.85. The summed E-state index contributed by atoms with van der Waals surface area (Å²) in [6, 6.07) is 32.3. The molecule has 2 nitrogen and oxygen atoms in total. The maximum atomic E-state index is 5.20. The molecule has 0 bridgehead atoms. The lowest BCUT2D eigenvalue weighted by Crippen LogP contribution is -2.28. The minimum Gasteiger partial charge on any atom is -0.257 e. The molecule has 2 atom stereocenters. The summed E-state index contributed by atoms with van der Waals surface area (Å²) >= 11 is 0. The van der Waals surface area contributed by atoms with Crippen LogP contribution in [-0.2, 0) is 0 Å². The Kier molecular flexibility index (Phi) is 4.54. The van der Waals surface area contributed by atoms with E-state index in [0.29, 0.717) is 5.92 Å². The van der Waals surface area contributed by atoms with Crippen LogP contribution < -0.4 is 5.01 Å². The number of para-hydroxylation sites is 1. The van der Waals surface area contributed by atoms with Crippen molar-refractivity contribution in [1.29, 1.82) is 0 Å². The number of nitrogens with zero attached hydrogens (tertiary/aromatic N) is 2. The van der Waals surface area contributed by atoms with Crippen molar-refractivity contribution < 1.29 is 0 Å². The highest BCUT2D eigenvalue weighted by Crippen LogP contribution is 2.46. The van der Waals surface area contributed by atoms with Crippen molar-refractivity contribution in [1.82, 2.24) is 0 Å². The Balaban J connectivity index is 1.59. The van der Waals surface area contributed by atoms with Gasteiger partial charge in [0.1, 0.15) is 0 Å². The van der Waals surface area contributed by atoms with Gasteiger partial charge in [-0.2, -0.15) is 5.10 Å². The third-order valence-corrected chi connectivity index (χ3v) is 5.80. The van der Waals surface area contributed by atoms with Gasteiger partial charge >= 0.3 is 0 Å². The molecule has 138 valence electrons. The first-order valence-electron chi connectivity index (χ1n) is 10.1. The summed E-state index contributed by atoms with van der Waals surface area (Å²) in [5, 5.41) is 7.45. The molecule has 5 rings (SSSR count). The molecule has 1 aliphatic heterocycles. The van der Waals surface area contributed by atoms with Gasteiger partial charge < -0.3 is 0 Å². The molecule has 0 spiro atoms. The number of rotatable bonds is 3. The van der Waals surface area contributed by atoms with Crippen molar-refractivity contribution in [2.45, 2.75) is 25.3 Å². The molecule has 2 aliphatic rings. The maximum absolute atomic E-state index is 5.20. The van der Waals surface area contributed by atoms with Crippen LogP contribution >= 0.6 is 0 Å². The molecule has 1 fully saturated rings. The largest absolute Gasteiger partial charge is 0.257 e. The van der Waals surface area contributed by atoms with Gasteiger partial charge in [0.15, 0.2) is 0 Å². The second-order valence-corrected chi connectivity index (χ2v) is 7.60. The summed E-state index contributed by atoms with van der Waals surface area (Å²) in [5.41, 5.74) is 6.43. The van der Waals surface area contributed by atoms with Crippen molar-refractivity contribution in [3.05, 3.63) is 108 Å². The fraction of sp³-hybridized carbons (Fsp3) is 0.192. The molecule has 0 N–H and O–H groups in total. The number of hydrazone groups is 1. The zero-order chi connectivity index (χ0) is 18.8. The fourth-order valence-corrected chi connectivity index (χ4v) is 4.53. The Morgan fingerprint density at radius 3 is 2.14 bits per heavy atom. The van der Waals surface area contributed by atoms with E-state index in [9.17, 15) is 0 Å². The number of hydrogen-bond acceptors (Lipinski definition) is 2. The average Bonchev–Trinajstić information content (AvgIpc) is 3.16. The molecule has 1 heterocycles. The minimum atomic E-state index is 0.262. The topological polar surface area (TPSA) is 15.6 Å². The van der Waals surface area contributed by atoms with Crippen LogP contribution in [0.3, 0.4) is 0 Å². The highest BCUT2D eigenvalue weighted by molar-refractivity contribution is 6.08. The molecule has 0 saturated heterocycles. The Bertz CT molecular complexity index is 990. The van der Waals surface area contributed by atoms with Gasteiger partial charge in [0.2, 0.25) is 0 Å². The van der Waals surface area contributed by atoms with E-state index in [-0.39, 0.29) is 6.04 Å². The van der Waals surface area contributed by atoms with Crippen LogP contribution in [0.25, 0.3) is 6.08 Å². The van der Waals surface area contributed by atoms with Crippen molar-refractivity contribution >= 4 is 17.5 Å². The lowest BCUT2D eigenvalue weighted by atomic mass is 9.77. The van der Waals surface area contributed by atoms with E-state index < -0.39 is 0 Å². The third kappa shape index (κ3) is 3.16. The molecular weight excluding hydrogens is 340 g/mol. The molecule has 3 aromatic carbocycles. The third-order valence-electron chi connectivity index (χ3n) is 5.80. The zero-order valence-electron chi connectivity index (χ0n) is 15.9. The Labute approximate surface area is 166 Å². The molecule has 1 aliphatic carbocycles. The predicted molar refractivity (Wildman–Crippen MR) is 117 cm³/mol. The van der Waals surface area contributed by atoms with Crippen LogP contribution in [0.1, 0.15) is 36.4 Å². The van der Waals surface area contributed by atoms with E-state index in [4.69, 9.17) is 5.10 Å². The fourth-order valence-electron chi connectivity index (χ4n) is 4.53. The number of benzene rings is 3. The van der Waals surface area contributed by atoms with E-state index in [0.717, 1.165) is 12.1 Å². The standard InChI is InChI=1S/C26H24N2/c1-4-11-20(12-5-1)19-22-15-10-18-24-25(22)27-28(23-16-8-3-9-17-23)26(24)21-13-6-2-7-14-21/h1-9,11-14,16-17,19,24,26H,10,15,18H2/b22-19+/t24-,26+/m0/s1. The van der Waals surface area contributed by atoms with Gasteiger partial charge in [-0.25, -0.2) is 0 Å². The highest BCUT2D eigenvalue weighted by Gasteiger charge is 2.41. The SMILES string of the molecule is C(=C1/CCC[C@H]2C1=NN(c1ccccc1)[C@@H]2c1ccccc1)/c1ccccc1. The van der Waals surface area contributed by atoms with Crippen LogP contribution in [0.4, 0.5) is 5.69 Å². The summed E-state index contributed by atoms with van der Waals surface area (Å²) in [7, 11) is 0. The van der Waals surface area contributed by atoms with Crippen molar-refractivity contribution in [2.24, 2.45) is 11.0 Å². The molecule has 2 heteroatoms. The van der Waals surface area contributed by atoms with Gasteiger partial charge in [-0.3, -0.25) is 5.01 Å². The molecule has 0 aromatic heterocycles. The summed E-state index contributed by atoms with van der Waals surface area (Å²) in [5.74, 6) is 0.436. The molecule has 0 amide bonds. The van der Waals surface area contributed by atoms with Gasteiger partial charge in [-0.1, -0.05) is 78.9 Å². The molecule has 28 heavy (non-hydrogen) atoms. The highest BCUT2D eigenvalue weighted by atomic mass is 15.5. The zero-order valence-corrected chi connectivity index (χ0v) is 15.9. The molecule has 1 saturated carbocycles. The molecule has 3 aromatic rings. The van der Waals surface area contributed by atoms with Gasteiger partial charge in [0, 0.05) is 5.92 Å². The quantitative estimate of drug-likeness (QED) is 0.519. The Morgan fingerprint density at radius 2 is 1.43 bits per heavy atom. The first-order valence-corrected chi connectivity index (χ1v) is 10.1. The van der Waals surface area contributed by atoms with Crippen LogP contribution in [-0.4, -0.2) is 5.71 Å². The van der Waals surface area contributed by atoms with Crippen molar-refractivity contribution in [2.75, 3.05) is 5.01 Å². The number of fused-ring (bicyclic) bond motifs is 1. The minimum absolute atomic E-state index is 0.262. The Hall–Kier alpha value is -3.13. The van der Waals surface area contributed by atoms with Crippen LogP contribution in [0.5, 0.6) is 0 Å². The molecular formula is C26H24N2. The smallest absolute Gasteiger partial charge is 0.0859 e. The Morgan fingerprint density at radius 1 is 0.786 bits per heavy atom. The van der Waals surface area contributed by atoms with Crippen LogP contribution in [0, 0.1) is 5.92 Å². The number of hydrogen-bond donors (Lipinski definition) is 0. The van der Waals surface area contributed by atoms with Gasteiger partial charge in [0.25, 0.3) is 0 Å². The van der Waals surface area contributed by atoms with E-state index in [2.05, 4.69) is 102 Å². The normalized spacial score (nSPS) is 22.8. The first kappa shape index (κ1) is 17.0. The lowest BCUT2D eigenvalue weighted by molar-refractivity contribution is 0.488. The maximum Gasteiger partial charge on any atom is 0.0859 e. The number of anilines is 1. The number of allylic oxidation sites excluding steroid dienone is 1. The van der Waals surface area contributed by atoms with Crippen molar-refractivity contribution in [3.8, 4) is 0 Å². The summed E-state index contributed by atoms with van der Waals surface area (Å²) < 4.78 is 0. The molecule has 0 unspecified atom stereocenters. The van der Waals surface area contributed by atoms with Crippen LogP contribution in [0.2, 0.25) is 0 Å². The van der Waals surface area contributed by atoms with E-state index >= 15 is 0 Å². The van der Waals surface area contributed by atoms with Gasteiger partial charge in [-0.05, 0) is 54.2 Å². The van der Waals surface area contributed by atoms with Gasteiger partial charge in [-0.15, -0.1) is 0 Å². The van der Waals surface area contributed by atoms with E-state index in [1.54, 1.807) is 0 Å². The molecule has 0 radical (unpaired) electrons. The first-order chi connectivity index (χ1) is 13.9. The van der Waals surface area contributed by atoms with E-state index in [1.807, 2.05) is 0 Å². The average molecular weight is 364 g/mol. The van der Waals surface area contributed by atoms with Crippen LogP contribution in [0.15, 0.2) is 102 Å². The second-order valence-electron chi connectivity index (χ2n) is 7.60. The second kappa shape index (κ2) is 7.47. The van der Waals surface area contributed by atoms with E-state index in [1.165, 1.54) is 35.3 Å². The predicted octanol–water partition coefficient (Wildman–Crippen LogP) is 6.49. The summed E-state index contributed by atoms with van der Waals surface area (Å²) in [6.45, 7) is 0. The lowest BCUT2D eigenvalue weighted by Gasteiger charge is -2.30. The van der Waals surface area contributed by atoms with Gasteiger partial charge in [0.05, 0.1) is 17.4 Å².